The van der Waals surface area contributed by atoms with Crippen LogP contribution >= 0.6 is 35.0 Å². The molecule has 16 heavy (non-hydrogen) atoms. The van der Waals surface area contributed by atoms with Crippen LogP contribution in [0.4, 0.5) is 0 Å². The maximum atomic E-state index is 10.1. The van der Waals surface area contributed by atoms with E-state index in [0.29, 0.717) is 22.4 Å². The van der Waals surface area contributed by atoms with Crippen LogP contribution < -0.4 is 0 Å². The molecule has 0 aliphatic carbocycles. The van der Waals surface area contributed by atoms with Gasteiger partial charge in [0, 0.05) is 16.5 Å². The Balaban J connectivity index is 2.07. The van der Waals surface area contributed by atoms with Crippen molar-refractivity contribution >= 4 is 35.0 Å². The Morgan fingerprint density at radius 1 is 1.38 bits per heavy atom. The number of rotatable bonds is 3. The van der Waals surface area contributed by atoms with Crippen molar-refractivity contribution in [3.63, 3.8) is 0 Å². The van der Waals surface area contributed by atoms with E-state index in [-0.39, 0.29) is 6.10 Å². The van der Waals surface area contributed by atoms with Crippen LogP contribution in [0.1, 0.15) is 12.0 Å². The van der Waals surface area contributed by atoms with Gasteiger partial charge in [0.05, 0.1) is 6.10 Å². The minimum atomic E-state index is -0.326. The van der Waals surface area contributed by atoms with E-state index in [1.165, 1.54) is 0 Å². The molecule has 1 fully saturated rings. The highest BCUT2D eigenvalue weighted by Gasteiger charge is 2.24. The first-order chi connectivity index (χ1) is 7.68. The predicted octanol–water partition coefficient (Wildman–Crippen LogP) is 3.65. The second-order valence-corrected chi connectivity index (χ2v) is 6.06. The van der Waals surface area contributed by atoms with Crippen LogP contribution in [0.5, 0.6) is 0 Å². The molecule has 1 heterocycles. The van der Waals surface area contributed by atoms with Gasteiger partial charge in [-0.2, -0.15) is 11.8 Å². The molecule has 0 amide bonds. The highest BCUT2D eigenvalue weighted by atomic mass is 35.5. The van der Waals surface area contributed by atoms with E-state index in [9.17, 15) is 5.11 Å². The van der Waals surface area contributed by atoms with Gasteiger partial charge in [0.2, 0.25) is 0 Å². The second kappa shape index (κ2) is 5.63. The molecule has 1 nitrogen and oxygen atoms in total. The Hall–Kier alpha value is 0.110. The Morgan fingerprint density at radius 2 is 2.06 bits per heavy atom. The molecule has 2 unspecified atom stereocenters. The Labute approximate surface area is 110 Å². The first kappa shape index (κ1) is 12.6. The van der Waals surface area contributed by atoms with Crippen LogP contribution in [0.15, 0.2) is 18.2 Å². The summed E-state index contributed by atoms with van der Waals surface area (Å²) in [5.74, 6) is 2.58. The molecule has 1 saturated heterocycles. The number of benzene rings is 1. The number of aliphatic hydroxyl groups excluding tert-OH is 1. The molecular weight excluding hydrogens is 263 g/mol. The van der Waals surface area contributed by atoms with Crippen LogP contribution in [-0.4, -0.2) is 22.7 Å². The molecule has 4 heteroatoms. The van der Waals surface area contributed by atoms with Gasteiger partial charge in [-0.05, 0) is 41.5 Å². The van der Waals surface area contributed by atoms with Gasteiger partial charge in [-0.25, -0.2) is 0 Å². The summed E-state index contributed by atoms with van der Waals surface area (Å²) in [6.07, 6.45) is 1.32. The first-order valence-electron chi connectivity index (χ1n) is 5.37. The lowest BCUT2D eigenvalue weighted by molar-refractivity contribution is 0.120. The van der Waals surface area contributed by atoms with E-state index < -0.39 is 0 Å². The fourth-order valence-electron chi connectivity index (χ4n) is 1.96. The van der Waals surface area contributed by atoms with Crippen molar-refractivity contribution in [3.8, 4) is 0 Å². The normalized spacial score (nSPS) is 22.3. The van der Waals surface area contributed by atoms with Gasteiger partial charge < -0.3 is 5.11 Å². The van der Waals surface area contributed by atoms with Gasteiger partial charge in [0.15, 0.2) is 0 Å². The van der Waals surface area contributed by atoms with Crippen molar-refractivity contribution in [3.05, 3.63) is 33.8 Å². The van der Waals surface area contributed by atoms with Gasteiger partial charge in [0.1, 0.15) is 0 Å². The molecule has 1 aliphatic rings. The number of halogens is 2. The molecule has 0 radical (unpaired) electrons. The SMILES string of the molecule is OC(Cc1c(Cl)cccc1Cl)C1CCSC1. The lowest BCUT2D eigenvalue weighted by Crippen LogP contribution is -2.22. The summed E-state index contributed by atoms with van der Waals surface area (Å²) in [7, 11) is 0. The third-order valence-corrected chi connectivity index (χ3v) is 4.88. The van der Waals surface area contributed by atoms with E-state index in [1.54, 1.807) is 0 Å². The average Bonchev–Trinajstić information content (AvgIpc) is 2.76. The molecule has 0 bridgehead atoms. The number of hydrogen-bond acceptors (Lipinski definition) is 2. The number of aliphatic hydroxyl groups is 1. The van der Waals surface area contributed by atoms with Crippen molar-refractivity contribution in [2.45, 2.75) is 18.9 Å². The summed E-state index contributed by atoms with van der Waals surface area (Å²) >= 11 is 14.1. The molecule has 0 saturated carbocycles. The summed E-state index contributed by atoms with van der Waals surface area (Å²) in [4.78, 5) is 0. The van der Waals surface area contributed by atoms with Gasteiger partial charge in [-0.1, -0.05) is 29.3 Å². The maximum Gasteiger partial charge on any atom is 0.0617 e. The molecule has 0 spiro atoms. The van der Waals surface area contributed by atoms with Crippen molar-refractivity contribution in [2.75, 3.05) is 11.5 Å². The van der Waals surface area contributed by atoms with Crippen molar-refractivity contribution < 1.29 is 5.11 Å². The third-order valence-electron chi connectivity index (χ3n) is 2.98. The molecular formula is C12H14Cl2OS. The zero-order chi connectivity index (χ0) is 11.5. The van der Waals surface area contributed by atoms with E-state index in [2.05, 4.69) is 0 Å². The van der Waals surface area contributed by atoms with Gasteiger partial charge in [-0.3, -0.25) is 0 Å². The highest BCUT2D eigenvalue weighted by molar-refractivity contribution is 7.99. The summed E-state index contributed by atoms with van der Waals surface area (Å²) in [5.41, 5.74) is 0.871. The largest absolute Gasteiger partial charge is 0.392 e. The standard InChI is InChI=1S/C12H14Cl2OS/c13-10-2-1-3-11(14)9(10)6-12(15)8-4-5-16-7-8/h1-3,8,12,15H,4-7H2. The monoisotopic (exact) mass is 276 g/mol. The van der Waals surface area contributed by atoms with E-state index in [4.69, 9.17) is 23.2 Å². The lowest BCUT2D eigenvalue weighted by Gasteiger charge is -2.18. The average molecular weight is 277 g/mol. The zero-order valence-electron chi connectivity index (χ0n) is 8.83. The summed E-state index contributed by atoms with van der Waals surface area (Å²) in [5, 5.41) is 11.4. The molecule has 1 N–H and O–H groups in total. The Bertz CT molecular complexity index is 344. The summed E-state index contributed by atoms with van der Waals surface area (Å²) in [6, 6.07) is 5.46. The molecule has 0 aromatic heterocycles. The van der Waals surface area contributed by atoms with Crippen LogP contribution in [-0.2, 0) is 6.42 Å². The molecule has 2 atom stereocenters. The zero-order valence-corrected chi connectivity index (χ0v) is 11.2. The number of hydrogen-bond donors (Lipinski definition) is 1. The van der Waals surface area contributed by atoms with Gasteiger partial charge in [-0.15, -0.1) is 0 Å². The van der Waals surface area contributed by atoms with Gasteiger partial charge in [0.25, 0.3) is 0 Å². The lowest BCUT2D eigenvalue weighted by atomic mass is 9.96. The quantitative estimate of drug-likeness (QED) is 0.910. The smallest absolute Gasteiger partial charge is 0.0617 e. The minimum Gasteiger partial charge on any atom is -0.392 e. The van der Waals surface area contributed by atoms with E-state index >= 15 is 0 Å². The Morgan fingerprint density at radius 3 is 2.62 bits per heavy atom. The van der Waals surface area contributed by atoms with Crippen molar-refractivity contribution in [1.29, 1.82) is 0 Å². The van der Waals surface area contributed by atoms with E-state index in [0.717, 1.165) is 23.5 Å². The molecule has 88 valence electrons. The topological polar surface area (TPSA) is 20.2 Å². The Kier molecular flexibility index (Phi) is 4.42. The van der Waals surface area contributed by atoms with Crippen LogP contribution in [0.25, 0.3) is 0 Å². The van der Waals surface area contributed by atoms with Crippen LogP contribution in [0, 0.1) is 5.92 Å². The summed E-state index contributed by atoms with van der Waals surface area (Å²) in [6.45, 7) is 0. The van der Waals surface area contributed by atoms with Gasteiger partial charge >= 0.3 is 0 Å². The second-order valence-electron chi connectivity index (χ2n) is 4.10. The maximum absolute atomic E-state index is 10.1. The highest BCUT2D eigenvalue weighted by Crippen LogP contribution is 2.31. The molecule has 1 aliphatic heterocycles. The molecule has 2 rings (SSSR count). The van der Waals surface area contributed by atoms with Crippen molar-refractivity contribution in [1.82, 2.24) is 0 Å². The fraction of sp³-hybridized carbons (Fsp3) is 0.500. The third kappa shape index (κ3) is 2.86. The fourth-order valence-corrected chi connectivity index (χ4v) is 3.84. The van der Waals surface area contributed by atoms with Crippen LogP contribution in [0.2, 0.25) is 10.0 Å². The van der Waals surface area contributed by atoms with Crippen molar-refractivity contribution in [2.24, 2.45) is 5.92 Å². The molecule has 1 aromatic rings. The molecule has 1 aromatic carbocycles. The number of thioether (sulfide) groups is 1. The van der Waals surface area contributed by atoms with E-state index in [1.807, 2.05) is 30.0 Å². The van der Waals surface area contributed by atoms with Crippen LogP contribution in [0.3, 0.4) is 0 Å². The predicted molar refractivity (Wildman–Crippen MR) is 71.6 cm³/mol. The minimum absolute atomic E-state index is 0.326. The first-order valence-corrected chi connectivity index (χ1v) is 7.28. The summed E-state index contributed by atoms with van der Waals surface area (Å²) < 4.78 is 0.